The van der Waals surface area contributed by atoms with Crippen LogP contribution in [0.1, 0.15) is 12.5 Å². The zero-order valence-electron chi connectivity index (χ0n) is 14.9. The Hall–Kier alpha value is -2.52. The molecule has 1 aromatic carbocycles. The lowest BCUT2D eigenvalue weighted by Crippen LogP contribution is -2.31. The molecule has 0 atom stereocenters. The highest BCUT2D eigenvalue weighted by atomic mass is 79.9. The summed E-state index contributed by atoms with van der Waals surface area (Å²) in [5.74, 6) is -0.182. The van der Waals surface area contributed by atoms with E-state index in [0.717, 1.165) is 10.0 Å². The summed E-state index contributed by atoms with van der Waals surface area (Å²) < 4.78 is 9.20. The molecule has 8 nitrogen and oxygen atoms in total. The minimum absolute atomic E-state index is 0.0371. The lowest BCUT2D eigenvalue weighted by molar-refractivity contribution is -0.125. The molecular weight excluding hydrogens is 414 g/mol. The Kier molecular flexibility index (Phi) is 6.36. The largest absolute Gasteiger partial charge is 0.372 e. The third kappa shape index (κ3) is 4.81. The van der Waals surface area contributed by atoms with Crippen molar-refractivity contribution in [3.8, 4) is 0 Å². The van der Waals surface area contributed by atoms with Crippen LogP contribution in [0.2, 0.25) is 0 Å². The molecular formula is C18H20BrN5O3. The molecule has 0 bridgehead atoms. The van der Waals surface area contributed by atoms with E-state index in [1.54, 1.807) is 9.25 Å². The molecule has 0 saturated heterocycles. The minimum Gasteiger partial charge on any atom is -0.372 e. The third-order valence-corrected chi connectivity index (χ3v) is 4.50. The van der Waals surface area contributed by atoms with Crippen LogP contribution in [0.4, 0.5) is 0 Å². The molecule has 3 aromatic rings. The van der Waals surface area contributed by atoms with Crippen LogP contribution < -0.4 is 10.9 Å². The van der Waals surface area contributed by atoms with E-state index in [0.29, 0.717) is 37.3 Å². The number of nitrogens with zero attached hydrogens (tertiary/aromatic N) is 4. The molecule has 0 fully saturated rings. The Balaban J connectivity index is 1.70. The number of benzene rings is 1. The SMILES string of the molecule is CCOCC(=O)NCCn1ncc2c(=O)n(Cc3ccc(Br)cc3)cnc21. The summed E-state index contributed by atoms with van der Waals surface area (Å²) in [6, 6.07) is 7.78. The average Bonchev–Trinajstić information content (AvgIpc) is 3.08. The fraction of sp³-hybridized carbons (Fsp3) is 0.333. The Labute approximate surface area is 164 Å². The van der Waals surface area contributed by atoms with Crippen molar-refractivity contribution in [2.45, 2.75) is 20.0 Å². The van der Waals surface area contributed by atoms with Crippen LogP contribution in [-0.4, -0.2) is 45.0 Å². The van der Waals surface area contributed by atoms with Gasteiger partial charge in [-0.15, -0.1) is 0 Å². The number of amides is 1. The summed E-state index contributed by atoms with van der Waals surface area (Å²) >= 11 is 3.40. The van der Waals surface area contributed by atoms with Crippen LogP contribution >= 0.6 is 15.9 Å². The zero-order valence-corrected chi connectivity index (χ0v) is 16.5. The first kappa shape index (κ1) is 19.2. The smallest absolute Gasteiger partial charge is 0.264 e. The number of halogens is 1. The quantitative estimate of drug-likeness (QED) is 0.581. The van der Waals surface area contributed by atoms with E-state index in [1.165, 1.54) is 12.5 Å². The number of hydrogen-bond donors (Lipinski definition) is 1. The van der Waals surface area contributed by atoms with E-state index >= 15 is 0 Å². The molecule has 0 aliphatic rings. The van der Waals surface area contributed by atoms with Crippen LogP contribution in [0.25, 0.3) is 11.0 Å². The van der Waals surface area contributed by atoms with Gasteiger partial charge in [0, 0.05) is 17.6 Å². The third-order valence-electron chi connectivity index (χ3n) is 3.97. The summed E-state index contributed by atoms with van der Waals surface area (Å²) in [5, 5.41) is 7.42. The van der Waals surface area contributed by atoms with Gasteiger partial charge >= 0.3 is 0 Å². The number of aromatic nitrogens is 4. The first-order valence-electron chi connectivity index (χ1n) is 8.58. The van der Waals surface area contributed by atoms with Crippen LogP contribution in [0.3, 0.4) is 0 Å². The van der Waals surface area contributed by atoms with E-state index in [4.69, 9.17) is 4.74 Å². The molecule has 0 saturated carbocycles. The van der Waals surface area contributed by atoms with Gasteiger partial charge in [-0.25, -0.2) is 9.67 Å². The zero-order chi connectivity index (χ0) is 19.2. The number of hydrogen-bond acceptors (Lipinski definition) is 5. The first-order valence-corrected chi connectivity index (χ1v) is 9.37. The molecule has 27 heavy (non-hydrogen) atoms. The van der Waals surface area contributed by atoms with Gasteiger partial charge in [0.25, 0.3) is 5.56 Å². The van der Waals surface area contributed by atoms with E-state index in [9.17, 15) is 9.59 Å². The summed E-state index contributed by atoms with van der Waals surface area (Å²) in [7, 11) is 0. The van der Waals surface area contributed by atoms with Crippen molar-refractivity contribution < 1.29 is 9.53 Å². The van der Waals surface area contributed by atoms with E-state index in [-0.39, 0.29) is 18.1 Å². The lowest BCUT2D eigenvalue weighted by Gasteiger charge is -2.08. The molecule has 142 valence electrons. The van der Waals surface area contributed by atoms with Crippen molar-refractivity contribution in [3.05, 3.63) is 57.2 Å². The van der Waals surface area contributed by atoms with Gasteiger partial charge in [-0.2, -0.15) is 5.10 Å². The molecule has 0 aliphatic carbocycles. The molecule has 1 N–H and O–H groups in total. The molecule has 9 heteroatoms. The predicted octanol–water partition coefficient (Wildman–Crippen LogP) is 1.56. The Bertz CT molecular complexity index is 981. The van der Waals surface area contributed by atoms with Gasteiger partial charge in [-0.05, 0) is 24.6 Å². The van der Waals surface area contributed by atoms with Gasteiger partial charge in [-0.1, -0.05) is 28.1 Å². The number of carbonyl (C=O) groups is 1. The standard InChI is InChI=1S/C18H20BrN5O3/c1-2-27-11-16(25)20-7-8-24-17-15(9-22-24)18(26)23(12-21-17)10-13-3-5-14(19)6-4-13/h3-6,9,12H,2,7-8,10-11H2,1H3,(H,20,25). The van der Waals surface area contributed by atoms with E-state index in [2.05, 4.69) is 31.3 Å². The van der Waals surface area contributed by atoms with Gasteiger partial charge in [-0.3, -0.25) is 14.2 Å². The second-order valence-corrected chi connectivity index (χ2v) is 6.81. The van der Waals surface area contributed by atoms with Gasteiger partial charge < -0.3 is 10.1 Å². The highest BCUT2D eigenvalue weighted by Gasteiger charge is 2.11. The van der Waals surface area contributed by atoms with Gasteiger partial charge in [0.05, 0.1) is 19.3 Å². The molecule has 2 aromatic heterocycles. The number of fused-ring (bicyclic) bond motifs is 1. The average molecular weight is 434 g/mol. The normalized spacial score (nSPS) is 11.0. The predicted molar refractivity (Wildman–Crippen MR) is 105 cm³/mol. The second kappa shape index (κ2) is 8.92. The van der Waals surface area contributed by atoms with Crippen LogP contribution in [0.5, 0.6) is 0 Å². The molecule has 0 aliphatic heterocycles. The molecule has 0 unspecified atom stereocenters. The summed E-state index contributed by atoms with van der Waals surface area (Å²) in [4.78, 5) is 28.6. The molecule has 3 rings (SSSR count). The summed E-state index contributed by atoms with van der Waals surface area (Å²) in [6.45, 7) is 3.60. The van der Waals surface area contributed by atoms with Crippen molar-refractivity contribution in [1.29, 1.82) is 0 Å². The fourth-order valence-corrected chi connectivity index (χ4v) is 2.87. The van der Waals surface area contributed by atoms with Gasteiger partial charge in [0.1, 0.15) is 18.3 Å². The van der Waals surface area contributed by atoms with Crippen LogP contribution in [0, 0.1) is 0 Å². The van der Waals surface area contributed by atoms with Crippen molar-refractivity contribution in [1.82, 2.24) is 24.6 Å². The Morgan fingerprint density at radius 1 is 1.30 bits per heavy atom. The second-order valence-electron chi connectivity index (χ2n) is 5.90. The maximum atomic E-state index is 12.7. The van der Waals surface area contributed by atoms with Crippen molar-refractivity contribution >= 4 is 32.9 Å². The molecule has 2 heterocycles. The van der Waals surface area contributed by atoms with Gasteiger partial charge in [0.2, 0.25) is 5.91 Å². The molecule has 0 spiro atoms. The number of carbonyl (C=O) groups excluding carboxylic acids is 1. The summed E-state index contributed by atoms with van der Waals surface area (Å²) in [6.07, 6.45) is 3.04. The number of rotatable bonds is 8. The number of ether oxygens (including phenoxy) is 1. The Morgan fingerprint density at radius 3 is 2.81 bits per heavy atom. The monoisotopic (exact) mass is 433 g/mol. The highest BCUT2D eigenvalue weighted by molar-refractivity contribution is 9.10. The highest BCUT2D eigenvalue weighted by Crippen LogP contribution is 2.12. The van der Waals surface area contributed by atoms with Crippen LogP contribution in [-0.2, 0) is 22.6 Å². The Morgan fingerprint density at radius 2 is 2.07 bits per heavy atom. The van der Waals surface area contributed by atoms with Crippen molar-refractivity contribution in [2.75, 3.05) is 19.8 Å². The van der Waals surface area contributed by atoms with E-state index < -0.39 is 0 Å². The molecule has 1 amide bonds. The molecule has 0 radical (unpaired) electrons. The fourth-order valence-electron chi connectivity index (χ4n) is 2.61. The minimum atomic E-state index is -0.182. The van der Waals surface area contributed by atoms with Crippen molar-refractivity contribution in [2.24, 2.45) is 0 Å². The van der Waals surface area contributed by atoms with E-state index in [1.807, 2.05) is 31.2 Å². The first-order chi connectivity index (χ1) is 13.1. The maximum absolute atomic E-state index is 12.7. The lowest BCUT2D eigenvalue weighted by atomic mass is 10.2. The number of nitrogens with one attached hydrogen (secondary N) is 1. The summed E-state index contributed by atoms with van der Waals surface area (Å²) in [5.41, 5.74) is 1.37. The topological polar surface area (TPSA) is 91.0 Å². The van der Waals surface area contributed by atoms with Crippen molar-refractivity contribution in [3.63, 3.8) is 0 Å². The van der Waals surface area contributed by atoms with Crippen LogP contribution in [0.15, 0.2) is 46.1 Å². The van der Waals surface area contributed by atoms with Gasteiger partial charge in [0.15, 0.2) is 5.65 Å². The maximum Gasteiger partial charge on any atom is 0.264 e.